The third kappa shape index (κ3) is 3.78. The zero-order valence-corrected chi connectivity index (χ0v) is 13.4. The zero-order chi connectivity index (χ0) is 15.9. The van der Waals surface area contributed by atoms with Crippen molar-refractivity contribution in [2.75, 3.05) is 23.3 Å². The molecule has 0 aromatic heterocycles. The fraction of sp³-hybridized carbons (Fsp3) is 0.529. The highest BCUT2D eigenvalue weighted by molar-refractivity contribution is 6.07. The third-order valence-electron chi connectivity index (χ3n) is 3.82. The molecule has 0 spiro atoms. The monoisotopic (exact) mass is 303 g/mol. The summed E-state index contributed by atoms with van der Waals surface area (Å²) in [4.78, 5) is 26.3. The quantitative estimate of drug-likeness (QED) is 0.761. The van der Waals surface area contributed by atoms with E-state index < -0.39 is 0 Å². The fourth-order valence-corrected chi connectivity index (χ4v) is 2.64. The number of para-hydroxylation sites is 2. The van der Waals surface area contributed by atoms with Crippen LogP contribution in [0.3, 0.4) is 0 Å². The maximum absolute atomic E-state index is 12.6. The second kappa shape index (κ2) is 7.82. The topological polar surface area (TPSA) is 61.4 Å². The summed E-state index contributed by atoms with van der Waals surface area (Å²) in [5.41, 5.74) is 1.70. The predicted molar refractivity (Wildman–Crippen MR) is 89.0 cm³/mol. The van der Waals surface area contributed by atoms with Gasteiger partial charge in [0.15, 0.2) is 0 Å². The Morgan fingerprint density at radius 2 is 2.05 bits per heavy atom. The van der Waals surface area contributed by atoms with Crippen LogP contribution in [0.25, 0.3) is 0 Å². The number of hydrogen-bond acceptors (Lipinski definition) is 3. The van der Waals surface area contributed by atoms with Crippen LogP contribution in [0.2, 0.25) is 0 Å². The van der Waals surface area contributed by atoms with Gasteiger partial charge >= 0.3 is 0 Å². The summed E-state index contributed by atoms with van der Waals surface area (Å²) in [5, 5.41) is 6.16. The number of rotatable bonds is 7. The van der Waals surface area contributed by atoms with Crippen LogP contribution in [-0.2, 0) is 9.59 Å². The fourth-order valence-electron chi connectivity index (χ4n) is 2.64. The predicted octanol–water partition coefficient (Wildman–Crippen LogP) is 2.53. The van der Waals surface area contributed by atoms with Crippen molar-refractivity contribution in [1.82, 2.24) is 5.32 Å². The number of unbranched alkanes of at least 4 members (excludes halogenated alkanes) is 1. The van der Waals surface area contributed by atoms with Gasteiger partial charge in [-0.3, -0.25) is 14.5 Å². The van der Waals surface area contributed by atoms with Crippen LogP contribution >= 0.6 is 0 Å². The first kappa shape index (κ1) is 16.3. The van der Waals surface area contributed by atoms with E-state index in [1.165, 1.54) is 0 Å². The molecule has 1 unspecified atom stereocenters. The van der Waals surface area contributed by atoms with Gasteiger partial charge in [-0.05, 0) is 25.0 Å². The van der Waals surface area contributed by atoms with Gasteiger partial charge in [-0.25, -0.2) is 0 Å². The van der Waals surface area contributed by atoms with Crippen LogP contribution < -0.4 is 15.5 Å². The minimum absolute atomic E-state index is 0.0220. The Kier molecular flexibility index (Phi) is 5.81. The summed E-state index contributed by atoms with van der Waals surface area (Å²) < 4.78 is 0. The largest absolute Gasteiger partial charge is 0.372 e. The summed E-state index contributed by atoms with van der Waals surface area (Å²) in [6.07, 6.45) is 3.67. The molecule has 5 heteroatoms. The SMILES string of the molecule is CCCCNC(=O)CN1C(=O)C(CCC)Nc2ccccc21. The molecule has 0 saturated carbocycles. The molecular formula is C17H25N3O2. The number of nitrogens with one attached hydrogen (secondary N) is 2. The molecule has 0 saturated heterocycles. The minimum atomic E-state index is -0.247. The molecule has 2 N–H and O–H groups in total. The van der Waals surface area contributed by atoms with E-state index >= 15 is 0 Å². The Bertz CT molecular complexity index is 530. The Balaban J connectivity index is 2.13. The van der Waals surface area contributed by atoms with Crippen LogP contribution in [0.1, 0.15) is 39.5 Å². The van der Waals surface area contributed by atoms with E-state index in [1.54, 1.807) is 4.90 Å². The van der Waals surface area contributed by atoms with E-state index in [2.05, 4.69) is 24.5 Å². The van der Waals surface area contributed by atoms with Gasteiger partial charge in [-0.1, -0.05) is 38.8 Å². The summed E-state index contributed by atoms with van der Waals surface area (Å²) in [7, 11) is 0. The Morgan fingerprint density at radius 3 is 2.77 bits per heavy atom. The summed E-state index contributed by atoms with van der Waals surface area (Å²) in [6.45, 7) is 4.88. The van der Waals surface area contributed by atoms with Crippen LogP contribution in [0.4, 0.5) is 11.4 Å². The van der Waals surface area contributed by atoms with E-state index in [9.17, 15) is 9.59 Å². The van der Waals surface area contributed by atoms with Gasteiger partial charge in [0.05, 0.1) is 11.4 Å². The van der Waals surface area contributed by atoms with Crippen LogP contribution in [0, 0.1) is 0 Å². The first-order chi connectivity index (χ1) is 10.7. The van der Waals surface area contributed by atoms with Crippen LogP contribution in [0.5, 0.6) is 0 Å². The van der Waals surface area contributed by atoms with E-state index in [-0.39, 0.29) is 24.4 Å². The van der Waals surface area contributed by atoms with E-state index in [1.807, 2.05) is 24.3 Å². The Hall–Kier alpha value is -2.04. The van der Waals surface area contributed by atoms with Crippen molar-refractivity contribution < 1.29 is 9.59 Å². The normalized spacial score (nSPS) is 16.9. The molecule has 120 valence electrons. The van der Waals surface area contributed by atoms with E-state index in [0.29, 0.717) is 6.54 Å². The standard InChI is InChI=1S/C17H25N3O2/c1-3-5-11-18-16(21)12-20-15-10-7-6-9-13(15)19-14(8-4-2)17(20)22/h6-7,9-10,14,19H,3-5,8,11-12H2,1-2H3,(H,18,21). The second-order valence-electron chi connectivity index (χ2n) is 5.63. The van der Waals surface area contributed by atoms with Crippen molar-refractivity contribution in [2.24, 2.45) is 0 Å². The lowest BCUT2D eigenvalue weighted by atomic mass is 10.0. The van der Waals surface area contributed by atoms with Gasteiger partial charge in [0, 0.05) is 6.54 Å². The molecule has 0 fully saturated rings. The van der Waals surface area contributed by atoms with E-state index in [4.69, 9.17) is 0 Å². The van der Waals surface area contributed by atoms with Crippen LogP contribution in [-0.4, -0.2) is 30.9 Å². The van der Waals surface area contributed by atoms with Gasteiger partial charge in [0.1, 0.15) is 12.6 Å². The molecule has 1 atom stereocenters. The summed E-state index contributed by atoms with van der Waals surface area (Å²) in [5.74, 6) is -0.125. The Labute approximate surface area is 132 Å². The lowest BCUT2D eigenvalue weighted by molar-refractivity contribution is -0.124. The molecule has 0 aliphatic carbocycles. The molecule has 1 aromatic carbocycles. The number of carbonyl (C=O) groups is 2. The van der Waals surface area contributed by atoms with Crippen molar-refractivity contribution in [3.05, 3.63) is 24.3 Å². The van der Waals surface area contributed by atoms with Crippen molar-refractivity contribution in [2.45, 2.75) is 45.6 Å². The highest BCUT2D eigenvalue weighted by atomic mass is 16.2. The number of fused-ring (bicyclic) bond motifs is 1. The number of hydrogen-bond donors (Lipinski definition) is 2. The van der Waals surface area contributed by atoms with Crippen molar-refractivity contribution in [3.8, 4) is 0 Å². The number of nitrogens with zero attached hydrogens (tertiary/aromatic N) is 1. The molecule has 1 aliphatic rings. The average molecular weight is 303 g/mol. The molecule has 1 heterocycles. The number of amides is 2. The van der Waals surface area contributed by atoms with Crippen molar-refractivity contribution in [3.63, 3.8) is 0 Å². The van der Waals surface area contributed by atoms with Gasteiger partial charge in [-0.2, -0.15) is 0 Å². The van der Waals surface area contributed by atoms with Gasteiger partial charge < -0.3 is 10.6 Å². The van der Waals surface area contributed by atoms with Gasteiger partial charge in [0.25, 0.3) is 0 Å². The molecule has 0 radical (unpaired) electrons. The molecule has 22 heavy (non-hydrogen) atoms. The average Bonchev–Trinajstić information content (AvgIpc) is 2.52. The highest BCUT2D eigenvalue weighted by Crippen LogP contribution is 2.31. The maximum atomic E-state index is 12.6. The number of anilines is 2. The minimum Gasteiger partial charge on any atom is -0.372 e. The molecular weight excluding hydrogens is 278 g/mol. The highest BCUT2D eigenvalue weighted by Gasteiger charge is 2.32. The van der Waals surface area contributed by atoms with Crippen molar-refractivity contribution in [1.29, 1.82) is 0 Å². The molecule has 2 rings (SSSR count). The third-order valence-corrected chi connectivity index (χ3v) is 3.82. The molecule has 2 amide bonds. The maximum Gasteiger partial charge on any atom is 0.250 e. The van der Waals surface area contributed by atoms with E-state index in [0.717, 1.165) is 37.1 Å². The van der Waals surface area contributed by atoms with Gasteiger partial charge in [0.2, 0.25) is 11.8 Å². The lowest BCUT2D eigenvalue weighted by Gasteiger charge is -2.35. The van der Waals surface area contributed by atoms with Gasteiger partial charge in [-0.15, -0.1) is 0 Å². The van der Waals surface area contributed by atoms with Crippen LogP contribution in [0.15, 0.2) is 24.3 Å². The smallest absolute Gasteiger partial charge is 0.250 e. The second-order valence-corrected chi connectivity index (χ2v) is 5.63. The summed E-state index contributed by atoms with van der Waals surface area (Å²) in [6, 6.07) is 7.40. The van der Waals surface area contributed by atoms with Crippen molar-refractivity contribution >= 4 is 23.2 Å². The molecule has 0 bridgehead atoms. The number of benzene rings is 1. The zero-order valence-electron chi connectivity index (χ0n) is 13.4. The summed E-state index contributed by atoms with van der Waals surface area (Å²) >= 11 is 0. The first-order valence-electron chi connectivity index (χ1n) is 8.11. The number of carbonyl (C=O) groups excluding carboxylic acids is 2. The molecule has 1 aliphatic heterocycles. The lowest BCUT2D eigenvalue weighted by Crippen LogP contribution is -2.50. The molecule has 1 aromatic rings. The first-order valence-corrected chi connectivity index (χ1v) is 8.11. The Morgan fingerprint density at radius 1 is 1.27 bits per heavy atom. The molecule has 5 nitrogen and oxygen atoms in total.